The second-order valence-corrected chi connectivity index (χ2v) is 5.10. The Morgan fingerprint density at radius 2 is 1.63 bits per heavy atom. The number of aromatic hydroxyl groups is 1. The Morgan fingerprint density at radius 1 is 1.00 bits per heavy atom. The van der Waals surface area contributed by atoms with Gasteiger partial charge in [-0.3, -0.25) is 4.99 Å². The fraction of sp³-hybridized carbons (Fsp3) is 0.188. The van der Waals surface area contributed by atoms with Crippen molar-refractivity contribution in [3.05, 3.63) is 57.6 Å². The molecule has 0 radical (unpaired) electrons. The number of nitrogens with zero attached hydrogens (tertiary/aromatic N) is 1. The zero-order valence-corrected chi connectivity index (χ0v) is 12.0. The molecule has 0 aliphatic carbocycles. The summed E-state index contributed by atoms with van der Waals surface area (Å²) >= 11 is 6.06. The Kier molecular flexibility index (Phi) is 3.91. The van der Waals surface area contributed by atoms with Gasteiger partial charge in [0.05, 0.1) is 5.69 Å². The minimum Gasteiger partial charge on any atom is -0.507 e. The van der Waals surface area contributed by atoms with E-state index in [2.05, 4.69) is 4.99 Å². The van der Waals surface area contributed by atoms with Crippen LogP contribution in [0.3, 0.4) is 0 Å². The normalized spacial score (nSPS) is 11.2. The number of rotatable bonds is 2. The molecule has 0 saturated heterocycles. The number of hydrogen-bond donors (Lipinski definition) is 1. The van der Waals surface area contributed by atoms with Crippen LogP contribution >= 0.6 is 11.6 Å². The molecule has 2 aromatic rings. The second-order valence-electron chi connectivity index (χ2n) is 4.69. The SMILES string of the molecule is Cc1ccc(N=Cc2cc(C)c(O)c(C)c2)cc1Cl. The van der Waals surface area contributed by atoms with Gasteiger partial charge >= 0.3 is 0 Å². The van der Waals surface area contributed by atoms with Crippen LogP contribution in [0.15, 0.2) is 35.3 Å². The Bertz CT molecular complexity index is 624. The van der Waals surface area contributed by atoms with Crippen LogP contribution in [0.2, 0.25) is 5.02 Å². The highest BCUT2D eigenvalue weighted by Gasteiger charge is 2.02. The number of phenolic OH excluding ortho intramolecular Hbond substituents is 1. The Balaban J connectivity index is 2.30. The van der Waals surface area contributed by atoms with Gasteiger partial charge in [-0.2, -0.15) is 0 Å². The molecule has 2 aromatic carbocycles. The molecule has 0 amide bonds. The first kappa shape index (κ1) is 13.6. The van der Waals surface area contributed by atoms with Crippen molar-refractivity contribution < 1.29 is 5.11 Å². The molecule has 98 valence electrons. The van der Waals surface area contributed by atoms with Crippen molar-refractivity contribution in [2.75, 3.05) is 0 Å². The van der Waals surface area contributed by atoms with E-state index in [0.717, 1.165) is 27.9 Å². The maximum Gasteiger partial charge on any atom is 0.121 e. The average Bonchev–Trinajstić information content (AvgIpc) is 2.37. The number of aryl methyl sites for hydroxylation is 3. The Hall–Kier alpha value is -1.80. The standard InChI is InChI=1S/C16H16ClNO/c1-10-4-5-14(8-15(10)17)18-9-13-6-11(2)16(19)12(3)7-13/h4-9,19H,1-3H3. The second kappa shape index (κ2) is 5.45. The fourth-order valence-corrected chi connectivity index (χ4v) is 2.05. The number of phenols is 1. The van der Waals surface area contributed by atoms with Crippen molar-refractivity contribution in [1.82, 2.24) is 0 Å². The van der Waals surface area contributed by atoms with Gasteiger partial charge in [0.25, 0.3) is 0 Å². The maximum atomic E-state index is 9.72. The molecule has 0 aliphatic rings. The van der Waals surface area contributed by atoms with E-state index in [4.69, 9.17) is 11.6 Å². The van der Waals surface area contributed by atoms with Gasteiger partial charge in [0.2, 0.25) is 0 Å². The van der Waals surface area contributed by atoms with E-state index < -0.39 is 0 Å². The molecule has 0 saturated carbocycles. The number of aliphatic imine (C=N–C) groups is 1. The lowest BCUT2D eigenvalue weighted by atomic mass is 10.1. The van der Waals surface area contributed by atoms with Crippen molar-refractivity contribution in [1.29, 1.82) is 0 Å². The van der Waals surface area contributed by atoms with E-state index in [-0.39, 0.29) is 0 Å². The summed E-state index contributed by atoms with van der Waals surface area (Å²) < 4.78 is 0. The molecular weight excluding hydrogens is 258 g/mol. The van der Waals surface area contributed by atoms with Crippen LogP contribution in [0.4, 0.5) is 5.69 Å². The fourth-order valence-electron chi connectivity index (χ4n) is 1.88. The van der Waals surface area contributed by atoms with Crippen molar-refractivity contribution in [3.63, 3.8) is 0 Å². The predicted molar refractivity (Wildman–Crippen MR) is 81.0 cm³/mol. The van der Waals surface area contributed by atoms with E-state index in [9.17, 15) is 5.11 Å². The summed E-state index contributed by atoms with van der Waals surface area (Å²) in [5.74, 6) is 0.343. The zero-order chi connectivity index (χ0) is 14.0. The highest BCUT2D eigenvalue weighted by Crippen LogP contribution is 2.24. The molecule has 0 atom stereocenters. The molecule has 2 nitrogen and oxygen atoms in total. The summed E-state index contributed by atoms with van der Waals surface area (Å²) in [6.07, 6.45) is 1.78. The lowest BCUT2D eigenvalue weighted by Gasteiger charge is -2.04. The minimum atomic E-state index is 0.343. The smallest absolute Gasteiger partial charge is 0.121 e. The Labute approximate surface area is 118 Å². The quantitative estimate of drug-likeness (QED) is 0.789. The Morgan fingerprint density at radius 3 is 2.21 bits per heavy atom. The highest BCUT2D eigenvalue weighted by molar-refractivity contribution is 6.31. The van der Waals surface area contributed by atoms with E-state index >= 15 is 0 Å². The van der Waals surface area contributed by atoms with Crippen LogP contribution in [0.1, 0.15) is 22.3 Å². The molecule has 0 spiro atoms. The van der Waals surface area contributed by atoms with Crippen LogP contribution < -0.4 is 0 Å². The monoisotopic (exact) mass is 273 g/mol. The molecule has 19 heavy (non-hydrogen) atoms. The number of benzene rings is 2. The van der Waals surface area contributed by atoms with Crippen LogP contribution in [0.5, 0.6) is 5.75 Å². The first-order chi connectivity index (χ1) is 8.97. The summed E-state index contributed by atoms with van der Waals surface area (Å²) in [7, 11) is 0. The molecule has 0 unspecified atom stereocenters. The molecule has 0 aromatic heterocycles. The summed E-state index contributed by atoms with van der Waals surface area (Å²) in [5, 5.41) is 10.4. The number of hydrogen-bond acceptors (Lipinski definition) is 2. The van der Waals surface area contributed by atoms with Crippen LogP contribution in [-0.4, -0.2) is 11.3 Å². The van der Waals surface area contributed by atoms with Gasteiger partial charge in [0.1, 0.15) is 5.75 Å². The van der Waals surface area contributed by atoms with Gasteiger partial charge in [-0.05, 0) is 67.3 Å². The lowest BCUT2D eigenvalue weighted by Crippen LogP contribution is -1.87. The average molecular weight is 274 g/mol. The van der Waals surface area contributed by atoms with Crippen molar-refractivity contribution >= 4 is 23.5 Å². The van der Waals surface area contributed by atoms with Gasteiger partial charge in [-0.25, -0.2) is 0 Å². The molecule has 0 bridgehead atoms. The predicted octanol–water partition coefficient (Wildman–Crippen LogP) is 4.72. The van der Waals surface area contributed by atoms with E-state index in [1.807, 2.05) is 51.1 Å². The summed E-state index contributed by atoms with van der Waals surface area (Å²) in [5.41, 5.74) is 4.52. The van der Waals surface area contributed by atoms with Gasteiger partial charge in [0, 0.05) is 11.2 Å². The first-order valence-electron chi connectivity index (χ1n) is 6.08. The molecule has 2 rings (SSSR count). The minimum absolute atomic E-state index is 0.343. The van der Waals surface area contributed by atoms with Crippen molar-refractivity contribution in [2.24, 2.45) is 4.99 Å². The summed E-state index contributed by atoms with van der Waals surface area (Å²) in [4.78, 5) is 4.40. The zero-order valence-electron chi connectivity index (χ0n) is 11.2. The van der Waals surface area contributed by atoms with E-state index in [1.165, 1.54) is 0 Å². The van der Waals surface area contributed by atoms with E-state index in [1.54, 1.807) is 6.21 Å². The number of halogens is 1. The third-order valence-corrected chi connectivity index (χ3v) is 3.44. The summed E-state index contributed by atoms with van der Waals surface area (Å²) in [6.45, 7) is 5.72. The largest absolute Gasteiger partial charge is 0.507 e. The maximum absolute atomic E-state index is 9.72. The molecule has 0 heterocycles. The van der Waals surface area contributed by atoms with Gasteiger partial charge in [-0.15, -0.1) is 0 Å². The molecule has 1 N–H and O–H groups in total. The molecule has 3 heteroatoms. The highest BCUT2D eigenvalue weighted by atomic mass is 35.5. The lowest BCUT2D eigenvalue weighted by molar-refractivity contribution is 0.467. The van der Waals surface area contributed by atoms with Gasteiger partial charge in [0.15, 0.2) is 0 Å². The third kappa shape index (κ3) is 3.15. The van der Waals surface area contributed by atoms with Crippen molar-refractivity contribution in [2.45, 2.75) is 20.8 Å². The van der Waals surface area contributed by atoms with Crippen LogP contribution in [0, 0.1) is 20.8 Å². The first-order valence-corrected chi connectivity index (χ1v) is 6.45. The molecule has 0 aliphatic heterocycles. The summed E-state index contributed by atoms with van der Waals surface area (Å²) in [6, 6.07) is 9.52. The van der Waals surface area contributed by atoms with Crippen molar-refractivity contribution in [3.8, 4) is 5.75 Å². The van der Waals surface area contributed by atoms with Gasteiger partial charge < -0.3 is 5.11 Å². The third-order valence-electron chi connectivity index (χ3n) is 3.03. The molecular formula is C16H16ClNO. The van der Waals surface area contributed by atoms with E-state index in [0.29, 0.717) is 10.8 Å². The topological polar surface area (TPSA) is 32.6 Å². The van der Waals surface area contributed by atoms with Gasteiger partial charge in [-0.1, -0.05) is 17.7 Å². The van der Waals surface area contributed by atoms with Crippen LogP contribution in [0.25, 0.3) is 0 Å². The molecule has 0 fully saturated rings. The van der Waals surface area contributed by atoms with Crippen LogP contribution in [-0.2, 0) is 0 Å².